The average molecular weight is 358 g/mol. The Morgan fingerprint density at radius 3 is 1.73 bits per heavy atom. The molecule has 0 unspecified atom stereocenters. The van der Waals surface area contributed by atoms with Crippen LogP contribution < -0.4 is 4.74 Å². The highest BCUT2D eigenvalue weighted by molar-refractivity contribution is 5.21. The number of para-hydroxylation sites is 1. The van der Waals surface area contributed by atoms with E-state index in [0.29, 0.717) is 6.10 Å². The molecule has 1 aromatic carbocycles. The number of rotatable bonds is 4. The fourth-order valence-electron chi connectivity index (χ4n) is 4.93. The van der Waals surface area contributed by atoms with E-state index in [1.54, 1.807) is 0 Å². The summed E-state index contributed by atoms with van der Waals surface area (Å²) in [5, 5.41) is 0. The van der Waals surface area contributed by atoms with Crippen LogP contribution in [0.4, 0.5) is 0 Å². The van der Waals surface area contributed by atoms with Gasteiger partial charge in [0.15, 0.2) is 0 Å². The van der Waals surface area contributed by atoms with E-state index in [0.717, 1.165) is 17.8 Å². The van der Waals surface area contributed by atoms with Crippen LogP contribution in [0.3, 0.4) is 0 Å². The third-order valence-corrected chi connectivity index (χ3v) is 6.67. The maximum Gasteiger partial charge on any atom is 0.119 e. The Bertz CT molecular complexity index is 468. The third kappa shape index (κ3) is 6.30. The summed E-state index contributed by atoms with van der Waals surface area (Å²) in [5.41, 5.74) is 0. The van der Waals surface area contributed by atoms with Gasteiger partial charge in [-0.05, 0) is 57.7 Å². The van der Waals surface area contributed by atoms with Gasteiger partial charge in [-0.25, -0.2) is 0 Å². The van der Waals surface area contributed by atoms with Gasteiger partial charge < -0.3 is 9.64 Å². The molecule has 2 aliphatic rings. The van der Waals surface area contributed by atoms with Crippen molar-refractivity contribution in [1.29, 1.82) is 0 Å². The third-order valence-electron chi connectivity index (χ3n) is 6.67. The second-order valence-corrected chi connectivity index (χ2v) is 8.59. The average Bonchev–Trinajstić information content (AvgIpc) is 2.74. The number of benzene rings is 1. The molecule has 0 N–H and O–H groups in total. The van der Waals surface area contributed by atoms with E-state index in [9.17, 15) is 0 Å². The summed E-state index contributed by atoms with van der Waals surface area (Å²) in [4.78, 5) is 2.76. The van der Waals surface area contributed by atoms with Crippen molar-refractivity contribution in [2.75, 3.05) is 7.05 Å². The molecule has 2 heteroatoms. The lowest BCUT2D eigenvalue weighted by molar-refractivity contribution is 0.0726. The second-order valence-electron chi connectivity index (χ2n) is 8.59. The van der Waals surface area contributed by atoms with E-state index in [2.05, 4.69) is 42.3 Å². The standard InChI is InChI=1S/C24H39NO/c1-25(21-13-9-6-4-2-3-5-7-10-14-21)22-17-19-24(20-18-22)26-23-15-11-8-12-16-23/h8,11-12,15-16,21-22,24H,2-7,9-10,13-14,17-20H2,1H3. The first kappa shape index (κ1) is 19.7. The first-order valence-electron chi connectivity index (χ1n) is 11.3. The van der Waals surface area contributed by atoms with Crippen LogP contribution in [0.15, 0.2) is 30.3 Å². The highest BCUT2D eigenvalue weighted by Gasteiger charge is 2.28. The highest BCUT2D eigenvalue weighted by Crippen LogP contribution is 2.29. The zero-order valence-electron chi connectivity index (χ0n) is 16.9. The van der Waals surface area contributed by atoms with Gasteiger partial charge in [0.1, 0.15) is 5.75 Å². The molecule has 2 saturated carbocycles. The summed E-state index contributed by atoms with van der Waals surface area (Å²) >= 11 is 0. The van der Waals surface area contributed by atoms with E-state index in [-0.39, 0.29) is 0 Å². The van der Waals surface area contributed by atoms with Gasteiger partial charge in [0.05, 0.1) is 6.10 Å². The van der Waals surface area contributed by atoms with E-state index < -0.39 is 0 Å². The van der Waals surface area contributed by atoms with Gasteiger partial charge in [-0.1, -0.05) is 69.6 Å². The number of hydrogen-bond acceptors (Lipinski definition) is 2. The van der Waals surface area contributed by atoms with Crippen LogP contribution in [0, 0.1) is 0 Å². The van der Waals surface area contributed by atoms with Gasteiger partial charge in [-0.2, -0.15) is 0 Å². The summed E-state index contributed by atoms with van der Waals surface area (Å²) in [6, 6.07) is 11.9. The Kier molecular flexibility index (Phi) is 8.32. The molecule has 0 spiro atoms. The van der Waals surface area contributed by atoms with Crippen LogP contribution in [0.1, 0.15) is 89.9 Å². The lowest BCUT2D eigenvalue weighted by Gasteiger charge is -2.39. The topological polar surface area (TPSA) is 12.5 Å². The van der Waals surface area contributed by atoms with Crippen molar-refractivity contribution in [3.8, 4) is 5.75 Å². The highest BCUT2D eigenvalue weighted by atomic mass is 16.5. The maximum absolute atomic E-state index is 6.19. The van der Waals surface area contributed by atoms with Crippen molar-refractivity contribution in [3.05, 3.63) is 30.3 Å². The van der Waals surface area contributed by atoms with Crippen molar-refractivity contribution in [3.63, 3.8) is 0 Å². The summed E-state index contributed by atoms with van der Waals surface area (Å²) in [6.07, 6.45) is 19.8. The van der Waals surface area contributed by atoms with Crippen molar-refractivity contribution in [2.24, 2.45) is 0 Å². The zero-order valence-corrected chi connectivity index (χ0v) is 16.9. The van der Waals surface area contributed by atoms with E-state index >= 15 is 0 Å². The summed E-state index contributed by atoms with van der Waals surface area (Å²) in [7, 11) is 2.41. The molecule has 0 radical (unpaired) electrons. The second kappa shape index (κ2) is 11.0. The number of ether oxygens (including phenoxy) is 1. The van der Waals surface area contributed by atoms with Gasteiger partial charge in [-0.15, -0.1) is 0 Å². The Morgan fingerprint density at radius 2 is 1.15 bits per heavy atom. The smallest absolute Gasteiger partial charge is 0.119 e. The van der Waals surface area contributed by atoms with Crippen molar-refractivity contribution in [1.82, 2.24) is 4.90 Å². The van der Waals surface area contributed by atoms with E-state index in [1.807, 2.05) is 0 Å². The van der Waals surface area contributed by atoms with Crippen molar-refractivity contribution < 1.29 is 4.74 Å². The van der Waals surface area contributed by atoms with Gasteiger partial charge in [0, 0.05) is 12.1 Å². The largest absolute Gasteiger partial charge is 0.490 e. The van der Waals surface area contributed by atoms with Crippen LogP contribution in [0.5, 0.6) is 5.75 Å². The van der Waals surface area contributed by atoms with Crippen LogP contribution in [-0.2, 0) is 0 Å². The fraction of sp³-hybridized carbons (Fsp3) is 0.750. The fourth-order valence-corrected chi connectivity index (χ4v) is 4.93. The number of hydrogen-bond donors (Lipinski definition) is 0. The molecule has 0 aliphatic heterocycles. The molecule has 0 saturated heterocycles. The Hall–Kier alpha value is -1.02. The summed E-state index contributed by atoms with van der Waals surface area (Å²) in [5.74, 6) is 1.03. The molecule has 146 valence electrons. The summed E-state index contributed by atoms with van der Waals surface area (Å²) < 4.78 is 6.19. The number of nitrogens with zero attached hydrogens (tertiary/aromatic N) is 1. The minimum Gasteiger partial charge on any atom is -0.490 e. The van der Waals surface area contributed by atoms with Gasteiger partial charge in [0.25, 0.3) is 0 Å². The van der Waals surface area contributed by atoms with Gasteiger partial charge in [-0.3, -0.25) is 0 Å². The SMILES string of the molecule is CN(C1CCCCCCCCCC1)C1CCC(Oc2ccccc2)CC1. The molecule has 1 aromatic rings. The molecule has 0 atom stereocenters. The Labute approximate surface area is 161 Å². The van der Waals surface area contributed by atoms with Crippen LogP contribution in [0.25, 0.3) is 0 Å². The first-order valence-corrected chi connectivity index (χ1v) is 11.3. The van der Waals surface area contributed by atoms with Gasteiger partial charge in [0.2, 0.25) is 0 Å². The Balaban J connectivity index is 1.45. The van der Waals surface area contributed by atoms with Crippen molar-refractivity contribution in [2.45, 2.75) is 108 Å². The van der Waals surface area contributed by atoms with E-state index in [1.165, 1.54) is 89.9 Å². The molecule has 2 fully saturated rings. The van der Waals surface area contributed by atoms with Crippen LogP contribution in [0.2, 0.25) is 0 Å². The molecule has 3 rings (SSSR count). The normalized spacial score (nSPS) is 27.0. The molecular formula is C24H39NO. The predicted molar refractivity (Wildman–Crippen MR) is 111 cm³/mol. The molecule has 26 heavy (non-hydrogen) atoms. The zero-order chi connectivity index (χ0) is 18.0. The maximum atomic E-state index is 6.19. The molecule has 0 aromatic heterocycles. The van der Waals surface area contributed by atoms with Crippen LogP contribution >= 0.6 is 0 Å². The molecule has 2 nitrogen and oxygen atoms in total. The lowest BCUT2D eigenvalue weighted by atomic mass is 9.89. The van der Waals surface area contributed by atoms with E-state index in [4.69, 9.17) is 4.74 Å². The molecular weight excluding hydrogens is 318 g/mol. The first-order chi connectivity index (χ1) is 12.8. The minimum absolute atomic E-state index is 0.412. The molecule has 0 amide bonds. The van der Waals surface area contributed by atoms with Crippen molar-refractivity contribution >= 4 is 0 Å². The lowest BCUT2D eigenvalue weighted by Crippen LogP contribution is -2.43. The minimum atomic E-state index is 0.412. The monoisotopic (exact) mass is 357 g/mol. The summed E-state index contributed by atoms with van der Waals surface area (Å²) in [6.45, 7) is 0. The molecule has 2 aliphatic carbocycles. The van der Waals surface area contributed by atoms with Crippen LogP contribution in [-0.4, -0.2) is 30.1 Å². The molecule has 0 bridgehead atoms. The predicted octanol–water partition coefficient (Wildman–Crippen LogP) is 6.59. The molecule has 0 heterocycles. The Morgan fingerprint density at radius 1 is 0.654 bits per heavy atom. The van der Waals surface area contributed by atoms with Gasteiger partial charge >= 0.3 is 0 Å². The quantitative estimate of drug-likeness (QED) is 0.602.